The van der Waals surface area contributed by atoms with Crippen molar-refractivity contribution in [3.05, 3.63) is 23.3 Å². The molecule has 4 aliphatic rings. The van der Waals surface area contributed by atoms with Crippen molar-refractivity contribution >= 4 is 5.71 Å². The molecule has 6 atom stereocenters. The molecule has 0 aromatic heterocycles. The van der Waals surface area contributed by atoms with Crippen molar-refractivity contribution in [1.82, 2.24) is 5.32 Å². The SMILES string of the molecule is CN[C@H]1CC[C@@]2(C)C(=CCC3C2CC[C@]2(C)C(/C(C)=N/O)=CCC32)C1. The van der Waals surface area contributed by atoms with Crippen molar-refractivity contribution in [3.8, 4) is 0 Å². The average molecular weight is 343 g/mol. The third-order valence-electron chi connectivity index (χ3n) is 8.63. The van der Waals surface area contributed by atoms with Gasteiger partial charge in [0.1, 0.15) is 0 Å². The van der Waals surface area contributed by atoms with Crippen LogP contribution in [0.4, 0.5) is 0 Å². The predicted molar refractivity (Wildman–Crippen MR) is 103 cm³/mol. The average Bonchev–Trinajstić information content (AvgIpc) is 2.97. The van der Waals surface area contributed by atoms with Gasteiger partial charge in [0.05, 0.1) is 5.71 Å². The molecule has 2 N–H and O–H groups in total. The summed E-state index contributed by atoms with van der Waals surface area (Å²) in [5.74, 6) is 2.34. The van der Waals surface area contributed by atoms with Crippen LogP contribution < -0.4 is 5.32 Å². The van der Waals surface area contributed by atoms with E-state index in [9.17, 15) is 5.21 Å². The highest BCUT2D eigenvalue weighted by molar-refractivity contribution is 5.99. The zero-order chi connectivity index (χ0) is 17.8. The summed E-state index contributed by atoms with van der Waals surface area (Å²) in [6.07, 6.45) is 13.9. The van der Waals surface area contributed by atoms with Gasteiger partial charge < -0.3 is 10.5 Å². The summed E-state index contributed by atoms with van der Waals surface area (Å²) in [5, 5.41) is 16.4. The highest BCUT2D eigenvalue weighted by Gasteiger charge is 2.56. The number of nitrogens with zero attached hydrogens (tertiary/aromatic N) is 1. The van der Waals surface area contributed by atoms with Crippen LogP contribution in [0, 0.1) is 28.6 Å². The number of hydrogen-bond acceptors (Lipinski definition) is 3. The molecule has 4 rings (SSSR count). The Kier molecular flexibility index (Phi) is 4.14. The first-order valence-corrected chi connectivity index (χ1v) is 10.2. The van der Waals surface area contributed by atoms with Gasteiger partial charge in [-0.15, -0.1) is 0 Å². The van der Waals surface area contributed by atoms with E-state index in [0.29, 0.717) is 11.5 Å². The lowest BCUT2D eigenvalue weighted by molar-refractivity contribution is -0.0172. The van der Waals surface area contributed by atoms with Gasteiger partial charge >= 0.3 is 0 Å². The fourth-order valence-corrected chi connectivity index (χ4v) is 7.09. The van der Waals surface area contributed by atoms with Crippen molar-refractivity contribution in [3.63, 3.8) is 0 Å². The topological polar surface area (TPSA) is 44.6 Å². The van der Waals surface area contributed by atoms with E-state index in [2.05, 4.69) is 43.5 Å². The van der Waals surface area contributed by atoms with Crippen molar-refractivity contribution in [1.29, 1.82) is 0 Å². The Morgan fingerprint density at radius 1 is 1.12 bits per heavy atom. The van der Waals surface area contributed by atoms with Crippen LogP contribution in [0.15, 0.2) is 28.5 Å². The monoisotopic (exact) mass is 342 g/mol. The first-order chi connectivity index (χ1) is 11.9. The maximum atomic E-state index is 9.31. The first-order valence-electron chi connectivity index (χ1n) is 10.2. The Hall–Kier alpha value is -1.09. The molecule has 138 valence electrons. The van der Waals surface area contributed by atoms with Crippen LogP contribution in [0.3, 0.4) is 0 Å². The zero-order valence-electron chi connectivity index (χ0n) is 16.3. The van der Waals surface area contributed by atoms with Gasteiger partial charge in [-0.2, -0.15) is 0 Å². The van der Waals surface area contributed by atoms with Gasteiger partial charge in [0.15, 0.2) is 0 Å². The molecule has 0 spiro atoms. The van der Waals surface area contributed by atoms with E-state index < -0.39 is 0 Å². The fourth-order valence-electron chi connectivity index (χ4n) is 7.09. The van der Waals surface area contributed by atoms with Gasteiger partial charge in [0.2, 0.25) is 0 Å². The van der Waals surface area contributed by atoms with Crippen LogP contribution in [0.2, 0.25) is 0 Å². The number of rotatable bonds is 2. The third-order valence-corrected chi connectivity index (χ3v) is 8.63. The molecule has 0 heterocycles. The van der Waals surface area contributed by atoms with Gasteiger partial charge in [-0.05, 0) is 93.1 Å². The molecule has 3 heteroatoms. The quantitative estimate of drug-likeness (QED) is 0.324. The van der Waals surface area contributed by atoms with Gasteiger partial charge in [-0.1, -0.05) is 36.7 Å². The molecule has 0 saturated heterocycles. The van der Waals surface area contributed by atoms with Crippen molar-refractivity contribution in [2.45, 2.75) is 71.8 Å². The van der Waals surface area contributed by atoms with Crippen LogP contribution in [0.5, 0.6) is 0 Å². The number of allylic oxidation sites excluding steroid dienone is 3. The van der Waals surface area contributed by atoms with E-state index in [1.165, 1.54) is 44.1 Å². The van der Waals surface area contributed by atoms with E-state index in [-0.39, 0.29) is 5.41 Å². The molecule has 3 nitrogen and oxygen atoms in total. The predicted octanol–water partition coefficient (Wildman–Crippen LogP) is 4.92. The molecule has 0 amide bonds. The summed E-state index contributed by atoms with van der Waals surface area (Å²) in [5.41, 5.74) is 4.51. The van der Waals surface area contributed by atoms with Gasteiger partial charge in [0, 0.05) is 6.04 Å². The van der Waals surface area contributed by atoms with Crippen molar-refractivity contribution in [2.75, 3.05) is 7.05 Å². The Balaban J connectivity index is 1.64. The van der Waals surface area contributed by atoms with Crippen molar-refractivity contribution in [2.24, 2.45) is 33.7 Å². The molecule has 2 fully saturated rings. The molecule has 2 saturated carbocycles. The molecule has 3 unspecified atom stereocenters. The van der Waals surface area contributed by atoms with Crippen molar-refractivity contribution < 1.29 is 5.21 Å². The van der Waals surface area contributed by atoms with Crippen LogP contribution in [-0.4, -0.2) is 24.0 Å². The standard InChI is InChI=1S/C22H34N2O/c1-14(24-25)18-7-8-19-17-6-5-15-13-16(23-4)9-11-21(15,2)20(17)10-12-22(18,19)3/h5,7,16-17,19-20,23,25H,6,8-13H2,1-4H3/b24-14+/t16-,17?,19?,20?,21-,22+/m0/s1. The lowest BCUT2D eigenvalue weighted by Crippen LogP contribution is -2.51. The molecule has 4 aliphatic carbocycles. The summed E-state index contributed by atoms with van der Waals surface area (Å²) < 4.78 is 0. The third kappa shape index (κ3) is 2.38. The minimum Gasteiger partial charge on any atom is -0.411 e. The summed E-state index contributed by atoms with van der Waals surface area (Å²) in [4.78, 5) is 0. The second-order valence-electron chi connectivity index (χ2n) is 9.48. The van der Waals surface area contributed by atoms with Gasteiger partial charge in [-0.3, -0.25) is 0 Å². The molecule has 0 bridgehead atoms. The highest BCUT2D eigenvalue weighted by atomic mass is 16.4. The van der Waals surface area contributed by atoms with Crippen LogP contribution >= 0.6 is 0 Å². The molecule has 25 heavy (non-hydrogen) atoms. The molecule has 0 aromatic carbocycles. The Morgan fingerprint density at radius 2 is 1.88 bits per heavy atom. The molecular weight excluding hydrogens is 308 g/mol. The summed E-state index contributed by atoms with van der Waals surface area (Å²) in [6, 6.07) is 0.674. The number of hydrogen-bond donors (Lipinski definition) is 2. The first kappa shape index (κ1) is 17.3. The van der Waals surface area contributed by atoms with E-state index >= 15 is 0 Å². The Bertz CT molecular complexity index is 648. The second kappa shape index (κ2) is 5.97. The smallest absolute Gasteiger partial charge is 0.0799 e. The van der Waals surface area contributed by atoms with Gasteiger partial charge in [-0.25, -0.2) is 0 Å². The van der Waals surface area contributed by atoms with E-state index in [0.717, 1.165) is 29.9 Å². The van der Waals surface area contributed by atoms with Crippen LogP contribution in [0.25, 0.3) is 0 Å². The number of oxime groups is 1. The number of fused-ring (bicyclic) bond motifs is 5. The fraction of sp³-hybridized carbons (Fsp3) is 0.773. The summed E-state index contributed by atoms with van der Waals surface area (Å²) >= 11 is 0. The lowest BCUT2D eigenvalue weighted by Gasteiger charge is -2.58. The molecule has 0 radical (unpaired) electrons. The zero-order valence-corrected chi connectivity index (χ0v) is 16.3. The van der Waals surface area contributed by atoms with Gasteiger partial charge in [0.25, 0.3) is 0 Å². The maximum absolute atomic E-state index is 9.31. The largest absolute Gasteiger partial charge is 0.411 e. The summed E-state index contributed by atoms with van der Waals surface area (Å²) in [7, 11) is 2.11. The Labute approximate surface area is 152 Å². The van der Waals surface area contributed by atoms with E-state index in [1.807, 2.05) is 6.92 Å². The van der Waals surface area contributed by atoms with Crippen LogP contribution in [-0.2, 0) is 0 Å². The minimum atomic E-state index is 0.210. The van der Waals surface area contributed by atoms with Crippen LogP contribution in [0.1, 0.15) is 65.7 Å². The lowest BCUT2D eigenvalue weighted by atomic mass is 9.47. The highest BCUT2D eigenvalue weighted by Crippen LogP contribution is 2.65. The second-order valence-corrected chi connectivity index (χ2v) is 9.48. The van der Waals surface area contributed by atoms with E-state index in [1.54, 1.807) is 5.57 Å². The van der Waals surface area contributed by atoms with E-state index in [4.69, 9.17) is 0 Å². The summed E-state index contributed by atoms with van der Waals surface area (Å²) in [6.45, 7) is 6.96. The molecular formula is C22H34N2O. The molecule has 0 aliphatic heterocycles. The normalized spacial score (nSPS) is 46.6. The number of nitrogens with one attached hydrogen (secondary N) is 1. The minimum absolute atomic E-state index is 0.210. The molecule has 0 aromatic rings. The maximum Gasteiger partial charge on any atom is 0.0799 e. The Morgan fingerprint density at radius 3 is 2.60 bits per heavy atom.